The van der Waals surface area contributed by atoms with Crippen LogP contribution < -0.4 is 4.80 Å². The first kappa shape index (κ1) is 18.4. The highest BCUT2D eigenvalue weighted by molar-refractivity contribution is 7.07. The van der Waals surface area contributed by atoms with Crippen LogP contribution in [0.2, 0.25) is 0 Å². The van der Waals surface area contributed by atoms with Crippen LogP contribution in [-0.4, -0.2) is 9.55 Å². The molecule has 1 atom stereocenters. The van der Waals surface area contributed by atoms with Gasteiger partial charge in [0.2, 0.25) is 0 Å². The third-order valence-electron chi connectivity index (χ3n) is 5.08. The number of rotatable bonds is 4. The maximum absolute atomic E-state index is 4.89. The van der Waals surface area contributed by atoms with E-state index < -0.39 is 0 Å². The van der Waals surface area contributed by atoms with Gasteiger partial charge in [0.1, 0.15) is 0 Å². The van der Waals surface area contributed by atoms with Crippen molar-refractivity contribution >= 4 is 17.0 Å². The van der Waals surface area contributed by atoms with E-state index in [2.05, 4.69) is 84.2 Å². The van der Waals surface area contributed by atoms with Crippen LogP contribution in [0.3, 0.4) is 0 Å². The summed E-state index contributed by atoms with van der Waals surface area (Å²) in [6.45, 7) is 6.54. The van der Waals surface area contributed by atoms with Gasteiger partial charge in [-0.25, -0.2) is 4.99 Å². The summed E-state index contributed by atoms with van der Waals surface area (Å²) in [6, 6.07) is 21.3. The molecule has 0 aliphatic heterocycles. The van der Waals surface area contributed by atoms with Crippen molar-refractivity contribution in [3.63, 3.8) is 0 Å². The summed E-state index contributed by atoms with van der Waals surface area (Å²) in [5.41, 5.74) is 7.14. The molecule has 0 N–H and O–H groups in total. The largest absolute Gasteiger partial charge is 0.309 e. The summed E-state index contributed by atoms with van der Waals surface area (Å²) in [4.78, 5) is 10.1. The van der Waals surface area contributed by atoms with E-state index in [0.717, 1.165) is 10.5 Å². The Bertz CT molecular complexity index is 1140. The number of aryl methyl sites for hydroxylation is 2. The Morgan fingerprint density at radius 2 is 1.79 bits per heavy atom. The molecule has 1 unspecified atom stereocenters. The Morgan fingerprint density at radius 3 is 2.50 bits per heavy atom. The van der Waals surface area contributed by atoms with E-state index in [0.29, 0.717) is 0 Å². The Balaban J connectivity index is 1.92. The predicted molar refractivity (Wildman–Crippen MR) is 117 cm³/mol. The molecule has 0 saturated heterocycles. The van der Waals surface area contributed by atoms with E-state index in [1.807, 2.05) is 12.1 Å². The van der Waals surface area contributed by atoms with E-state index >= 15 is 0 Å². The van der Waals surface area contributed by atoms with Crippen molar-refractivity contribution in [3.8, 4) is 11.3 Å². The predicted octanol–water partition coefficient (Wildman–Crippen LogP) is 6.07. The number of hydrogen-bond acceptors (Lipinski definition) is 3. The lowest BCUT2D eigenvalue weighted by Crippen LogP contribution is -2.20. The fourth-order valence-corrected chi connectivity index (χ4v) is 4.29. The molecule has 140 valence electrons. The highest BCUT2D eigenvalue weighted by atomic mass is 32.1. The lowest BCUT2D eigenvalue weighted by Gasteiger charge is -2.18. The van der Waals surface area contributed by atoms with Gasteiger partial charge in [-0.3, -0.25) is 4.98 Å². The van der Waals surface area contributed by atoms with Crippen molar-refractivity contribution in [2.24, 2.45) is 4.99 Å². The Hall–Kier alpha value is -2.98. The molecule has 3 nitrogen and oxygen atoms in total. The van der Waals surface area contributed by atoms with Gasteiger partial charge in [-0.15, -0.1) is 11.3 Å². The number of aromatic nitrogens is 2. The van der Waals surface area contributed by atoms with Crippen LogP contribution in [0.5, 0.6) is 0 Å². The van der Waals surface area contributed by atoms with Crippen LogP contribution in [0.25, 0.3) is 11.3 Å². The maximum Gasteiger partial charge on any atom is 0.191 e. The van der Waals surface area contributed by atoms with Gasteiger partial charge in [0, 0.05) is 11.6 Å². The molecule has 0 spiro atoms. The summed E-state index contributed by atoms with van der Waals surface area (Å²) < 4.78 is 2.33. The highest BCUT2D eigenvalue weighted by Crippen LogP contribution is 2.28. The van der Waals surface area contributed by atoms with Gasteiger partial charge in [0.05, 0.1) is 23.6 Å². The van der Waals surface area contributed by atoms with Gasteiger partial charge < -0.3 is 4.57 Å². The van der Waals surface area contributed by atoms with Crippen molar-refractivity contribution in [2.45, 2.75) is 26.8 Å². The summed E-state index contributed by atoms with van der Waals surface area (Å²) in [5.74, 6) is 0. The Kier molecular flexibility index (Phi) is 5.22. The minimum absolute atomic E-state index is 0.166. The zero-order valence-corrected chi connectivity index (χ0v) is 17.1. The zero-order chi connectivity index (χ0) is 19.5. The normalized spacial score (nSPS) is 12.9. The molecule has 0 saturated carbocycles. The van der Waals surface area contributed by atoms with Crippen LogP contribution in [0.4, 0.5) is 5.69 Å². The van der Waals surface area contributed by atoms with Gasteiger partial charge in [-0.05, 0) is 61.2 Å². The first-order chi connectivity index (χ1) is 13.6. The second kappa shape index (κ2) is 7.95. The molecule has 0 amide bonds. The molecule has 0 bridgehead atoms. The molecule has 2 aromatic carbocycles. The average molecular weight is 386 g/mol. The summed E-state index contributed by atoms with van der Waals surface area (Å²) in [5, 5.41) is 2.21. The lowest BCUT2D eigenvalue weighted by molar-refractivity contribution is 0.628. The molecule has 2 aromatic heterocycles. The van der Waals surface area contributed by atoms with Crippen molar-refractivity contribution in [1.29, 1.82) is 0 Å². The SMILES string of the molecule is Cc1ccc(-c2csc(=Nc3cccnc3)n2C(C)c2ccccc2)cc1C. The third-order valence-corrected chi connectivity index (χ3v) is 5.92. The van der Waals surface area contributed by atoms with Gasteiger partial charge in [-0.1, -0.05) is 42.5 Å². The fraction of sp³-hybridized carbons (Fsp3) is 0.167. The summed E-state index contributed by atoms with van der Waals surface area (Å²) in [6.07, 6.45) is 3.57. The number of pyridine rings is 1. The molecule has 4 heteroatoms. The van der Waals surface area contributed by atoms with Gasteiger partial charge in [0.15, 0.2) is 4.80 Å². The number of nitrogens with zero attached hydrogens (tertiary/aromatic N) is 3. The quantitative estimate of drug-likeness (QED) is 0.419. The van der Waals surface area contributed by atoms with E-state index in [9.17, 15) is 0 Å². The molecule has 0 aliphatic carbocycles. The number of hydrogen-bond donors (Lipinski definition) is 0. The van der Waals surface area contributed by atoms with E-state index in [1.54, 1.807) is 23.7 Å². The zero-order valence-electron chi connectivity index (χ0n) is 16.3. The van der Waals surface area contributed by atoms with Crippen LogP contribution in [-0.2, 0) is 0 Å². The van der Waals surface area contributed by atoms with E-state index in [4.69, 9.17) is 4.99 Å². The molecular weight excluding hydrogens is 362 g/mol. The third kappa shape index (κ3) is 3.69. The second-order valence-corrected chi connectivity index (χ2v) is 7.82. The van der Waals surface area contributed by atoms with Crippen LogP contribution in [0, 0.1) is 13.8 Å². The minimum Gasteiger partial charge on any atom is -0.309 e. The fourth-order valence-electron chi connectivity index (χ4n) is 3.30. The smallest absolute Gasteiger partial charge is 0.191 e. The average Bonchev–Trinajstić information content (AvgIpc) is 3.14. The standard InChI is InChI=1S/C24H23N3S/c1-17-11-12-21(14-18(17)2)23-16-28-24(26-22-10-7-13-25-15-22)27(23)19(3)20-8-5-4-6-9-20/h4-16,19H,1-3H3. The van der Waals surface area contributed by atoms with Crippen molar-refractivity contribution in [2.75, 3.05) is 0 Å². The Morgan fingerprint density at radius 1 is 0.964 bits per heavy atom. The van der Waals surface area contributed by atoms with Crippen molar-refractivity contribution in [1.82, 2.24) is 9.55 Å². The van der Waals surface area contributed by atoms with E-state index in [-0.39, 0.29) is 6.04 Å². The maximum atomic E-state index is 4.89. The van der Waals surface area contributed by atoms with Crippen molar-refractivity contribution in [3.05, 3.63) is 99.9 Å². The molecule has 0 fully saturated rings. The molecule has 0 aliphatic rings. The van der Waals surface area contributed by atoms with Gasteiger partial charge >= 0.3 is 0 Å². The van der Waals surface area contributed by atoms with Crippen LogP contribution in [0.15, 0.2) is 83.4 Å². The lowest BCUT2D eigenvalue weighted by atomic mass is 10.0. The first-order valence-corrected chi connectivity index (χ1v) is 10.3. The number of thiazole rings is 1. The molecule has 4 rings (SSSR count). The first-order valence-electron chi connectivity index (χ1n) is 9.41. The molecule has 28 heavy (non-hydrogen) atoms. The molecule has 4 aromatic rings. The van der Waals surface area contributed by atoms with Gasteiger partial charge in [0.25, 0.3) is 0 Å². The molecule has 2 heterocycles. The van der Waals surface area contributed by atoms with Crippen LogP contribution in [0.1, 0.15) is 29.7 Å². The highest BCUT2D eigenvalue weighted by Gasteiger charge is 2.16. The monoisotopic (exact) mass is 385 g/mol. The summed E-state index contributed by atoms with van der Waals surface area (Å²) in [7, 11) is 0. The van der Waals surface area contributed by atoms with Gasteiger partial charge in [-0.2, -0.15) is 0 Å². The van der Waals surface area contributed by atoms with E-state index in [1.165, 1.54) is 27.9 Å². The molecular formula is C24H23N3S. The minimum atomic E-state index is 0.166. The van der Waals surface area contributed by atoms with Crippen molar-refractivity contribution < 1.29 is 0 Å². The molecule has 0 radical (unpaired) electrons. The Labute approximate surface area is 169 Å². The second-order valence-electron chi connectivity index (χ2n) is 6.98. The summed E-state index contributed by atoms with van der Waals surface area (Å²) >= 11 is 1.67. The number of benzene rings is 2. The van der Waals surface area contributed by atoms with Crippen LogP contribution >= 0.6 is 11.3 Å². The topological polar surface area (TPSA) is 30.2 Å².